The van der Waals surface area contributed by atoms with Crippen molar-refractivity contribution in [1.29, 1.82) is 0 Å². The summed E-state index contributed by atoms with van der Waals surface area (Å²) in [6.45, 7) is 2.70. The molecule has 0 aromatic heterocycles. The number of aliphatic hydroxyl groups is 1. The quantitative estimate of drug-likeness (QED) is 0.822. The van der Waals surface area contributed by atoms with E-state index in [4.69, 9.17) is 5.73 Å². The van der Waals surface area contributed by atoms with Crippen molar-refractivity contribution >= 4 is 0 Å². The average molecular weight is 234 g/mol. The molecule has 1 aliphatic rings. The van der Waals surface area contributed by atoms with Gasteiger partial charge in [-0.15, -0.1) is 0 Å². The number of benzene rings is 1. The molecule has 0 radical (unpaired) electrons. The van der Waals surface area contributed by atoms with Crippen LogP contribution in [0.1, 0.15) is 23.7 Å². The maximum absolute atomic E-state index is 10.5. The maximum Gasteiger partial charge on any atom is 0.0833 e. The molecule has 0 aliphatic carbocycles. The van der Waals surface area contributed by atoms with Crippen LogP contribution >= 0.6 is 0 Å². The summed E-state index contributed by atoms with van der Waals surface area (Å²) in [5.74, 6) is 0.360. The minimum atomic E-state index is -0.345. The lowest BCUT2D eigenvalue weighted by Crippen LogP contribution is -2.19. The third-order valence-corrected chi connectivity index (χ3v) is 3.66. The number of aliphatic hydroxyl groups excluding tert-OH is 1. The molecule has 0 saturated carbocycles. The van der Waals surface area contributed by atoms with Crippen LogP contribution in [0.2, 0.25) is 0 Å². The number of rotatable bonds is 4. The smallest absolute Gasteiger partial charge is 0.0833 e. The van der Waals surface area contributed by atoms with Gasteiger partial charge < -0.3 is 15.7 Å². The van der Waals surface area contributed by atoms with Gasteiger partial charge in [-0.1, -0.05) is 24.3 Å². The van der Waals surface area contributed by atoms with Crippen LogP contribution in [-0.2, 0) is 6.42 Å². The van der Waals surface area contributed by atoms with Crippen molar-refractivity contribution in [2.75, 3.05) is 26.7 Å². The molecule has 2 atom stereocenters. The summed E-state index contributed by atoms with van der Waals surface area (Å²) >= 11 is 0. The largest absolute Gasteiger partial charge is 0.388 e. The average Bonchev–Trinajstić information content (AvgIpc) is 2.76. The zero-order valence-corrected chi connectivity index (χ0v) is 10.5. The van der Waals surface area contributed by atoms with Gasteiger partial charge in [-0.3, -0.25) is 0 Å². The molecule has 0 bridgehead atoms. The molecule has 1 aromatic carbocycles. The zero-order valence-electron chi connectivity index (χ0n) is 10.5. The van der Waals surface area contributed by atoms with Gasteiger partial charge in [0, 0.05) is 12.5 Å². The maximum atomic E-state index is 10.5. The number of nitrogens with zero attached hydrogens (tertiary/aromatic N) is 1. The van der Waals surface area contributed by atoms with E-state index in [9.17, 15) is 5.11 Å². The highest BCUT2D eigenvalue weighted by Gasteiger charge is 2.28. The fourth-order valence-corrected chi connectivity index (χ4v) is 2.69. The fraction of sp³-hybridized carbons (Fsp3) is 0.571. The van der Waals surface area contributed by atoms with Crippen molar-refractivity contribution in [2.45, 2.75) is 18.9 Å². The Kier molecular flexibility index (Phi) is 4.15. The molecule has 2 unspecified atom stereocenters. The highest BCUT2D eigenvalue weighted by Crippen LogP contribution is 2.31. The number of nitrogens with two attached hydrogens (primary N) is 1. The van der Waals surface area contributed by atoms with E-state index in [-0.39, 0.29) is 6.10 Å². The van der Waals surface area contributed by atoms with Crippen LogP contribution in [0.3, 0.4) is 0 Å². The van der Waals surface area contributed by atoms with Crippen molar-refractivity contribution in [3.8, 4) is 0 Å². The van der Waals surface area contributed by atoms with Gasteiger partial charge in [0.05, 0.1) is 6.10 Å². The van der Waals surface area contributed by atoms with Crippen LogP contribution in [0.5, 0.6) is 0 Å². The molecule has 0 spiro atoms. The van der Waals surface area contributed by atoms with Gasteiger partial charge in [0.15, 0.2) is 0 Å². The van der Waals surface area contributed by atoms with Crippen LogP contribution in [0.25, 0.3) is 0 Å². The third-order valence-electron chi connectivity index (χ3n) is 3.66. The number of hydrogen-bond donors (Lipinski definition) is 2. The van der Waals surface area contributed by atoms with Gasteiger partial charge in [0.1, 0.15) is 0 Å². The van der Waals surface area contributed by atoms with E-state index in [1.807, 2.05) is 18.2 Å². The standard InChI is InChI=1S/C14H22N2O/c1-16-9-7-12(10-16)14(17)13-5-3-2-4-11(13)6-8-15/h2-5,12,14,17H,6-10,15H2,1H3. The van der Waals surface area contributed by atoms with Gasteiger partial charge in [-0.2, -0.15) is 0 Å². The number of likely N-dealkylation sites (tertiary alicyclic amines) is 1. The first-order valence-corrected chi connectivity index (χ1v) is 6.37. The lowest BCUT2D eigenvalue weighted by molar-refractivity contribution is 0.112. The van der Waals surface area contributed by atoms with Crippen LogP contribution in [0, 0.1) is 5.92 Å². The molecule has 3 heteroatoms. The fourth-order valence-electron chi connectivity index (χ4n) is 2.69. The molecular formula is C14H22N2O. The summed E-state index contributed by atoms with van der Waals surface area (Å²) in [6, 6.07) is 8.12. The Hall–Kier alpha value is -0.900. The Labute approximate surface area is 103 Å². The summed E-state index contributed by atoms with van der Waals surface area (Å²) in [7, 11) is 2.11. The minimum absolute atomic E-state index is 0.345. The van der Waals surface area contributed by atoms with Gasteiger partial charge in [0.25, 0.3) is 0 Å². The Bertz CT molecular complexity index is 367. The Balaban J connectivity index is 2.15. The van der Waals surface area contributed by atoms with E-state index in [2.05, 4.69) is 18.0 Å². The normalized spacial score (nSPS) is 22.9. The van der Waals surface area contributed by atoms with Gasteiger partial charge in [-0.25, -0.2) is 0 Å². The third kappa shape index (κ3) is 2.86. The lowest BCUT2D eigenvalue weighted by atomic mass is 9.91. The first-order chi connectivity index (χ1) is 8.22. The van der Waals surface area contributed by atoms with Crippen LogP contribution in [0.15, 0.2) is 24.3 Å². The second kappa shape index (κ2) is 5.63. The second-order valence-corrected chi connectivity index (χ2v) is 4.99. The Morgan fingerprint density at radius 2 is 2.24 bits per heavy atom. The summed E-state index contributed by atoms with van der Waals surface area (Å²) in [5.41, 5.74) is 7.87. The molecule has 1 heterocycles. The van der Waals surface area contributed by atoms with Crippen LogP contribution in [-0.4, -0.2) is 36.7 Å². The summed E-state index contributed by atoms with van der Waals surface area (Å²) < 4.78 is 0. The summed E-state index contributed by atoms with van der Waals surface area (Å²) in [4.78, 5) is 2.28. The first kappa shape index (κ1) is 12.6. The van der Waals surface area contributed by atoms with Crippen molar-refractivity contribution in [3.63, 3.8) is 0 Å². The van der Waals surface area contributed by atoms with E-state index < -0.39 is 0 Å². The predicted molar refractivity (Wildman–Crippen MR) is 69.8 cm³/mol. The first-order valence-electron chi connectivity index (χ1n) is 6.37. The van der Waals surface area contributed by atoms with Gasteiger partial charge in [0.2, 0.25) is 0 Å². The minimum Gasteiger partial charge on any atom is -0.388 e. The molecule has 94 valence electrons. The Morgan fingerprint density at radius 3 is 2.88 bits per heavy atom. The van der Waals surface area contributed by atoms with Crippen molar-refractivity contribution in [1.82, 2.24) is 4.90 Å². The monoisotopic (exact) mass is 234 g/mol. The molecule has 0 amide bonds. The highest BCUT2D eigenvalue weighted by atomic mass is 16.3. The topological polar surface area (TPSA) is 49.5 Å². The van der Waals surface area contributed by atoms with E-state index in [0.29, 0.717) is 12.5 Å². The molecule has 2 rings (SSSR count). The number of hydrogen-bond acceptors (Lipinski definition) is 3. The van der Waals surface area contributed by atoms with Crippen molar-refractivity contribution in [3.05, 3.63) is 35.4 Å². The molecule has 3 N–H and O–H groups in total. The summed E-state index contributed by atoms with van der Waals surface area (Å²) in [5, 5.41) is 10.5. The SMILES string of the molecule is CN1CCC(C(O)c2ccccc2CCN)C1. The highest BCUT2D eigenvalue weighted by molar-refractivity contribution is 5.30. The molecular weight excluding hydrogens is 212 g/mol. The van der Waals surface area contributed by atoms with Gasteiger partial charge >= 0.3 is 0 Å². The molecule has 1 fully saturated rings. The zero-order chi connectivity index (χ0) is 12.3. The van der Waals surface area contributed by atoms with Crippen LogP contribution < -0.4 is 5.73 Å². The second-order valence-electron chi connectivity index (χ2n) is 4.99. The Morgan fingerprint density at radius 1 is 1.47 bits per heavy atom. The van der Waals surface area contributed by atoms with E-state index in [0.717, 1.165) is 31.5 Å². The van der Waals surface area contributed by atoms with Crippen molar-refractivity contribution < 1.29 is 5.11 Å². The molecule has 17 heavy (non-hydrogen) atoms. The van der Waals surface area contributed by atoms with Gasteiger partial charge in [-0.05, 0) is 44.1 Å². The molecule has 1 aliphatic heterocycles. The lowest BCUT2D eigenvalue weighted by Gasteiger charge is -2.21. The van der Waals surface area contributed by atoms with E-state index in [1.165, 1.54) is 5.56 Å². The van der Waals surface area contributed by atoms with Crippen LogP contribution in [0.4, 0.5) is 0 Å². The van der Waals surface area contributed by atoms with E-state index in [1.54, 1.807) is 0 Å². The molecule has 1 aromatic rings. The van der Waals surface area contributed by atoms with E-state index >= 15 is 0 Å². The predicted octanol–water partition coefficient (Wildman–Crippen LogP) is 1.17. The summed E-state index contributed by atoms with van der Waals surface area (Å²) in [6.07, 6.45) is 1.58. The van der Waals surface area contributed by atoms with Crippen molar-refractivity contribution in [2.24, 2.45) is 11.7 Å². The molecule has 3 nitrogen and oxygen atoms in total. The molecule has 1 saturated heterocycles.